The van der Waals surface area contributed by atoms with Crippen LogP contribution in [0.2, 0.25) is 0 Å². The van der Waals surface area contributed by atoms with Gasteiger partial charge in [-0.3, -0.25) is 5.43 Å². The van der Waals surface area contributed by atoms with Crippen LogP contribution in [0.5, 0.6) is 5.75 Å². The average Bonchev–Trinajstić information content (AvgIpc) is 3.32. The zero-order valence-corrected chi connectivity index (χ0v) is 18.8. The van der Waals surface area contributed by atoms with Crippen molar-refractivity contribution in [2.24, 2.45) is 5.10 Å². The zero-order chi connectivity index (χ0) is 25.7. The Balaban J connectivity index is 1.36. The number of hydrazone groups is 1. The lowest BCUT2D eigenvalue weighted by Gasteiger charge is -2.09. The summed E-state index contributed by atoms with van der Waals surface area (Å²) in [5.74, 6) is -1.52. The molecule has 13 heteroatoms. The van der Waals surface area contributed by atoms with E-state index in [-0.39, 0.29) is 16.5 Å². The summed E-state index contributed by atoms with van der Waals surface area (Å²) >= 11 is 4.98. The molecule has 0 unspecified atom stereocenters. The number of alkyl halides is 3. The van der Waals surface area contributed by atoms with Crippen molar-refractivity contribution in [1.29, 1.82) is 0 Å². The number of benzene rings is 3. The average molecular weight is 518 g/mol. The van der Waals surface area contributed by atoms with E-state index in [1.807, 2.05) is 0 Å². The van der Waals surface area contributed by atoms with Crippen LogP contribution >= 0.6 is 12.2 Å². The number of rotatable bonds is 6. The van der Waals surface area contributed by atoms with Crippen molar-refractivity contribution in [3.63, 3.8) is 0 Å². The van der Waals surface area contributed by atoms with Crippen LogP contribution in [0.25, 0.3) is 17.1 Å². The molecule has 0 atom stereocenters. The van der Waals surface area contributed by atoms with E-state index in [0.29, 0.717) is 22.6 Å². The van der Waals surface area contributed by atoms with Crippen molar-refractivity contribution in [3.05, 3.63) is 90.3 Å². The fourth-order valence-corrected chi connectivity index (χ4v) is 3.12. The lowest BCUT2D eigenvalue weighted by atomic mass is 10.1. The summed E-state index contributed by atoms with van der Waals surface area (Å²) in [4.78, 5) is 4.22. The summed E-state index contributed by atoms with van der Waals surface area (Å²) in [6.45, 7) is 0. The van der Waals surface area contributed by atoms with Gasteiger partial charge in [0.25, 0.3) is 0 Å². The summed E-state index contributed by atoms with van der Waals surface area (Å²) in [5.41, 5.74) is 3.96. The van der Waals surface area contributed by atoms with Crippen LogP contribution in [0, 0.1) is 11.6 Å². The van der Waals surface area contributed by atoms with Gasteiger partial charge in [-0.25, -0.2) is 18.4 Å². The Morgan fingerprint density at radius 1 is 0.972 bits per heavy atom. The molecule has 4 aromatic rings. The van der Waals surface area contributed by atoms with Gasteiger partial charge >= 0.3 is 6.36 Å². The minimum Gasteiger partial charge on any atom is -0.406 e. The molecule has 7 nitrogen and oxygen atoms in total. The van der Waals surface area contributed by atoms with E-state index in [0.717, 1.165) is 12.1 Å². The topological polar surface area (TPSA) is 76.4 Å². The molecule has 184 valence electrons. The maximum absolute atomic E-state index is 13.7. The highest BCUT2D eigenvalue weighted by Crippen LogP contribution is 2.24. The highest BCUT2D eigenvalue weighted by atomic mass is 32.1. The van der Waals surface area contributed by atoms with Gasteiger partial charge in [0.2, 0.25) is 0 Å². The van der Waals surface area contributed by atoms with Crippen LogP contribution in [0.3, 0.4) is 0 Å². The quantitative estimate of drug-likeness (QED) is 0.153. The zero-order valence-electron chi connectivity index (χ0n) is 18.0. The standard InChI is InChI=1S/C23H15F5N6OS/c24-18-2-1-3-19(25)20(18)31-22(36)32-30-12-14-4-6-15(7-5-14)21-29-13-34(33-21)16-8-10-17(11-9-16)35-23(26,27)28/h1-13H,(H2,31,32,36). The number of nitrogens with one attached hydrogen (secondary N) is 2. The molecule has 0 saturated carbocycles. The molecule has 0 saturated heterocycles. The fourth-order valence-electron chi connectivity index (χ4n) is 2.96. The molecule has 2 N–H and O–H groups in total. The summed E-state index contributed by atoms with van der Waals surface area (Å²) < 4.78 is 69.5. The number of anilines is 1. The van der Waals surface area contributed by atoms with Crippen LogP contribution in [0.4, 0.5) is 27.6 Å². The Labute approximate surface area is 206 Å². The second-order valence-electron chi connectivity index (χ2n) is 7.10. The molecule has 0 fully saturated rings. The van der Waals surface area contributed by atoms with Crippen LogP contribution in [-0.2, 0) is 0 Å². The van der Waals surface area contributed by atoms with Crippen LogP contribution in [0.1, 0.15) is 5.56 Å². The number of halogens is 5. The van der Waals surface area contributed by atoms with E-state index in [2.05, 4.69) is 30.7 Å². The monoisotopic (exact) mass is 518 g/mol. The second kappa shape index (κ2) is 10.5. The Morgan fingerprint density at radius 2 is 1.64 bits per heavy atom. The highest BCUT2D eigenvalue weighted by Gasteiger charge is 2.31. The molecular weight excluding hydrogens is 503 g/mol. The first-order valence-corrected chi connectivity index (χ1v) is 10.5. The molecule has 36 heavy (non-hydrogen) atoms. The first kappa shape index (κ1) is 24.7. The van der Waals surface area contributed by atoms with Crippen molar-refractivity contribution in [2.45, 2.75) is 6.36 Å². The van der Waals surface area contributed by atoms with E-state index < -0.39 is 18.0 Å². The SMILES string of the molecule is Fc1cccc(F)c1NC(=S)NN=Cc1ccc(-c2ncn(-c3ccc(OC(F)(F)F)cc3)n2)cc1. The minimum absolute atomic E-state index is 0.0976. The number of hydrogen-bond donors (Lipinski definition) is 2. The van der Waals surface area contributed by atoms with Gasteiger partial charge in [0.15, 0.2) is 10.9 Å². The molecule has 0 aliphatic carbocycles. The van der Waals surface area contributed by atoms with E-state index >= 15 is 0 Å². The largest absolute Gasteiger partial charge is 0.573 e. The first-order valence-electron chi connectivity index (χ1n) is 10.1. The Morgan fingerprint density at radius 3 is 2.28 bits per heavy atom. The molecule has 4 rings (SSSR count). The molecule has 3 aromatic carbocycles. The van der Waals surface area contributed by atoms with Crippen molar-refractivity contribution >= 4 is 29.2 Å². The van der Waals surface area contributed by atoms with E-state index in [9.17, 15) is 22.0 Å². The first-order chi connectivity index (χ1) is 17.2. The van der Waals surface area contributed by atoms with E-state index in [4.69, 9.17) is 12.2 Å². The van der Waals surface area contributed by atoms with Crippen LogP contribution in [0.15, 0.2) is 78.2 Å². The Hall–Kier alpha value is -4.39. The lowest BCUT2D eigenvalue weighted by molar-refractivity contribution is -0.274. The number of nitrogens with zero attached hydrogens (tertiary/aromatic N) is 4. The van der Waals surface area contributed by atoms with Gasteiger partial charge in [0, 0.05) is 5.56 Å². The maximum Gasteiger partial charge on any atom is 0.573 e. The Bertz CT molecular complexity index is 1370. The molecule has 0 aliphatic rings. The summed E-state index contributed by atoms with van der Waals surface area (Å²) in [6.07, 6.45) is -1.88. The summed E-state index contributed by atoms with van der Waals surface area (Å²) in [5, 5.41) is 10.6. The molecular formula is C23H15F5N6OS. The summed E-state index contributed by atoms with van der Waals surface area (Å²) in [7, 11) is 0. The third kappa shape index (κ3) is 6.39. The molecule has 0 aliphatic heterocycles. The highest BCUT2D eigenvalue weighted by molar-refractivity contribution is 7.80. The minimum atomic E-state index is -4.77. The summed E-state index contributed by atoms with van der Waals surface area (Å²) in [6, 6.07) is 15.6. The van der Waals surface area contributed by atoms with Crippen molar-refractivity contribution in [2.75, 3.05) is 5.32 Å². The number of aromatic nitrogens is 3. The van der Waals surface area contributed by atoms with Gasteiger partial charge in [0.05, 0.1) is 11.9 Å². The predicted octanol–water partition coefficient (Wildman–Crippen LogP) is 5.43. The maximum atomic E-state index is 13.7. The lowest BCUT2D eigenvalue weighted by Crippen LogP contribution is -2.25. The second-order valence-corrected chi connectivity index (χ2v) is 7.51. The smallest absolute Gasteiger partial charge is 0.406 e. The van der Waals surface area contributed by atoms with Crippen molar-refractivity contribution < 1.29 is 26.7 Å². The number of para-hydroxylation sites is 1. The van der Waals surface area contributed by atoms with Gasteiger partial charge in [-0.2, -0.15) is 5.10 Å². The third-order valence-electron chi connectivity index (χ3n) is 4.58. The number of hydrogen-bond acceptors (Lipinski definition) is 5. The number of thiocarbonyl (C=S) groups is 1. The van der Waals surface area contributed by atoms with Gasteiger partial charge < -0.3 is 10.1 Å². The van der Waals surface area contributed by atoms with Gasteiger partial charge in [-0.1, -0.05) is 30.3 Å². The third-order valence-corrected chi connectivity index (χ3v) is 4.77. The molecule has 1 heterocycles. The van der Waals surface area contributed by atoms with Crippen LogP contribution in [-0.4, -0.2) is 32.5 Å². The van der Waals surface area contributed by atoms with E-state index in [1.165, 1.54) is 47.6 Å². The van der Waals surface area contributed by atoms with Gasteiger partial charge in [0.1, 0.15) is 29.4 Å². The molecule has 0 bridgehead atoms. The van der Waals surface area contributed by atoms with Gasteiger partial charge in [-0.05, 0) is 54.2 Å². The number of ether oxygens (including phenoxy) is 1. The molecule has 0 spiro atoms. The van der Waals surface area contributed by atoms with Crippen molar-refractivity contribution in [3.8, 4) is 22.8 Å². The molecule has 0 radical (unpaired) electrons. The molecule has 1 aromatic heterocycles. The van der Waals surface area contributed by atoms with E-state index in [1.54, 1.807) is 24.3 Å². The molecule has 0 amide bonds. The normalized spacial score (nSPS) is 11.5. The Kier molecular flexibility index (Phi) is 7.20. The predicted molar refractivity (Wildman–Crippen MR) is 127 cm³/mol. The van der Waals surface area contributed by atoms with Crippen molar-refractivity contribution in [1.82, 2.24) is 20.2 Å². The van der Waals surface area contributed by atoms with Crippen LogP contribution < -0.4 is 15.5 Å². The van der Waals surface area contributed by atoms with Gasteiger partial charge in [-0.15, -0.1) is 18.3 Å². The fraction of sp³-hybridized carbons (Fsp3) is 0.0435.